The number of benzene rings is 1. The van der Waals surface area contributed by atoms with Crippen molar-refractivity contribution in [2.45, 2.75) is 52.0 Å². The normalized spacial score (nSPS) is 16.9. The van der Waals surface area contributed by atoms with Crippen LogP contribution in [-0.4, -0.2) is 22.0 Å². The molecule has 0 spiro atoms. The molecule has 0 radical (unpaired) electrons. The first-order valence-corrected chi connectivity index (χ1v) is 8.58. The van der Waals surface area contributed by atoms with Crippen LogP contribution in [0.3, 0.4) is 0 Å². The highest BCUT2D eigenvalue weighted by molar-refractivity contribution is 5.92. The van der Waals surface area contributed by atoms with Gasteiger partial charge in [-0.1, -0.05) is 37.6 Å². The minimum absolute atomic E-state index is 0.0483. The van der Waals surface area contributed by atoms with Gasteiger partial charge in [0.15, 0.2) is 0 Å². The van der Waals surface area contributed by atoms with E-state index in [1.54, 1.807) is 0 Å². The maximum atomic E-state index is 12.2. The Kier molecular flexibility index (Phi) is 4.79. The SMILES string of the molecule is CCCCNC(=O)c1cn2c(n1)CCC(c1ccccc1C)C2. The standard InChI is InChI=1S/C19H25N3O/c1-3-4-11-20-19(23)17-13-22-12-15(9-10-18(22)21-17)16-8-6-5-7-14(16)2/h5-8,13,15H,3-4,9-12H2,1-2H3,(H,20,23). The van der Waals surface area contributed by atoms with E-state index in [0.29, 0.717) is 11.6 Å². The minimum atomic E-state index is -0.0483. The highest BCUT2D eigenvalue weighted by Crippen LogP contribution is 2.30. The van der Waals surface area contributed by atoms with E-state index in [1.165, 1.54) is 11.1 Å². The Hall–Kier alpha value is -2.10. The Bertz CT molecular complexity index is 690. The molecule has 1 atom stereocenters. The summed E-state index contributed by atoms with van der Waals surface area (Å²) in [4.78, 5) is 16.7. The molecule has 2 heterocycles. The van der Waals surface area contributed by atoms with Crippen molar-refractivity contribution in [2.24, 2.45) is 0 Å². The van der Waals surface area contributed by atoms with Gasteiger partial charge in [-0.15, -0.1) is 0 Å². The van der Waals surface area contributed by atoms with Gasteiger partial charge in [-0.2, -0.15) is 0 Å². The van der Waals surface area contributed by atoms with Crippen molar-refractivity contribution < 1.29 is 4.79 Å². The number of unbranched alkanes of at least 4 members (excludes halogenated alkanes) is 1. The van der Waals surface area contributed by atoms with E-state index < -0.39 is 0 Å². The van der Waals surface area contributed by atoms with E-state index in [2.05, 4.69) is 53.0 Å². The number of rotatable bonds is 5. The fourth-order valence-corrected chi connectivity index (χ4v) is 3.32. The number of nitrogens with zero attached hydrogens (tertiary/aromatic N) is 2. The lowest BCUT2D eigenvalue weighted by molar-refractivity contribution is 0.0948. The molecule has 1 aliphatic rings. The molecule has 0 aliphatic carbocycles. The zero-order chi connectivity index (χ0) is 16.2. The molecule has 1 amide bonds. The van der Waals surface area contributed by atoms with Crippen molar-refractivity contribution in [1.82, 2.24) is 14.9 Å². The fourth-order valence-electron chi connectivity index (χ4n) is 3.32. The van der Waals surface area contributed by atoms with Gasteiger partial charge in [0.1, 0.15) is 11.5 Å². The molecular formula is C19H25N3O. The Morgan fingerprint density at radius 2 is 2.22 bits per heavy atom. The van der Waals surface area contributed by atoms with Crippen LogP contribution in [0.25, 0.3) is 0 Å². The van der Waals surface area contributed by atoms with Gasteiger partial charge >= 0.3 is 0 Å². The summed E-state index contributed by atoms with van der Waals surface area (Å²) in [7, 11) is 0. The van der Waals surface area contributed by atoms with E-state index >= 15 is 0 Å². The topological polar surface area (TPSA) is 46.9 Å². The number of hydrogen-bond acceptors (Lipinski definition) is 2. The van der Waals surface area contributed by atoms with Crippen LogP contribution in [-0.2, 0) is 13.0 Å². The molecule has 122 valence electrons. The lowest BCUT2D eigenvalue weighted by Crippen LogP contribution is -2.24. The molecule has 23 heavy (non-hydrogen) atoms. The number of carbonyl (C=O) groups excluding carboxylic acids is 1. The van der Waals surface area contributed by atoms with Gasteiger partial charge in [0.2, 0.25) is 0 Å². The largest absolute Gasteiger partial charge is 0.351 e. The minimum Gasteiger partial charge on any atom is -0.351 e. The summed E-state index contributed by atoms with van der Waals surface area (Å²) in [6, 6.07) is 8.59. The average Bonchev–Trinajstić information content (AvgIpc) is 2.98. The summed E-state index contributed by atoms with van der Waals surface area (Å²) in [6.07, 6.45) is 6.04. The summed E-state index contributed by atoms with van der Waals surface area (Å²) >= 11 is 0. The monoisotopic (exact) mass is 311 g/mol. The first-order chi connectivity index (χ1) is 11.2. The van der Waals surface area contributed by atoms with E-state index in [4.69, 9.17) is 0 Å². The second kappa shape index (κ2) is 6.99. The molecule has 1 aromatic carbocycles. The molecule has 4 nitrogen and oxygen atoms in total. The zero-order valence-corrected chi connectivity index (χ0v) is 14.0. The smallest absolute Gasteiger partial charge is 0.271 e. The molecule has 0 fully saturated rings. The molecule has 1 N–H and O–H groups in total. The number of carbonyl (C=O) groups is 1. The lowest BCUT2D eigenvalue weighted by Gasteiger charge is -2.25. The Balaban J connectivity index is 1.72. The van der Waals surface area contributed by atoms with Gasteiger partial charge in [0.25, 0.3) is 5.91 Å². The van der Waals surface area contributed by atoms with Crippen molar-refractivity contribution in [2.75, 3.05) is 6.54 Å². The third-order valence-electron chi connectivity index (χ3n) is 4.67. The van der Waals surface area contributed by atoms with Gasteiger partial charge in [0.05, 0.1) is 0 Å². The molecule has 4 heteroatoms. The maximum Gasteiger partial charge on any atom is 0.271 e. The van der Waals surface area contributed by atoms with E-state index in [0.717, 1.165) is 44.6 Å². The van der Waals surface area contributed by atoms with Crippen LogP contribution in [0.2, 0.25) is 0 Å². The Morgan fingerprint density at radius 3 is 3.00 bits per heavy atom. The first kappa shape index (κ1) is 15.8. The van der Waals surface area contributed by atoms with Gasteiger partial charge < -0.3 is 9.88 Å². The third kappa shape index (κ3) is 3.46. The van der Waals surface area contributed by atoms with Crippen molar-refractivity contribution in [1.29, 1.82) is 0 Å². The van der Waals surface area contributed by atoms with Crippen molar-refractivity contribution in [3.05, 3.63) is 53.1 Å². The predicted octanol–water partition coefficient (Wildman–Crippen LogP) is 3.45. The first-order valence-electron chi connectivity index (χ1n) is 8.58. The van der Waals surface area contributed by atoms with Gasteiger partial charge in [-0.3, -0.25) is 4.79 Å². The van der Waals surface area contributed by atoms with E-state index in [-0.39, 0.29) is 5.91 Å². The molecule has 0 saturated carbocycles. The summed E-state index contributed by atoms with van der Waals surface area (Å²) in [6.45, 7) is 5.93. The third-order valence-corrected chi connectivity index (χ3v) is 4.67. The average molecular weight is 311 g/mol. The highest BCUT2D eigenvalue weighted by atomic mass is 16.1. The molecule has 0 saturated heterocycles. The molecule has 1 aliphatic heterocycles. The molecule has 0 bridgehead atoms. The predicted molar refractivity (Wildman–Crippen MR) is 91.7 cm³/mol. The zero-order valence-electron chi connectivity index (χ0n) is 14.0. The van der Waals surface area contributed by atoms with Crippen LogP contribution in [0, 0.1) is 6.92 Å². The molecule has 3 rings (SSSR count). The number of aryl methyl sites for hydroxylation is 2. The van der Waals surface area contributed by atoms with E-state index in [1.807, 2.05) is 6.20 Å². The van der Waals surface area contributed by atoms with Crippen LogP contribution < -0.4 is 5.32 Å². The summed E-state index contributed by atoms with van der Waals surface area (Å²) in [5, 5.41) is 2.95. The summed E-state index contributed by atoms with van der Waals surface area (Å²) in [5.41, 5.74) is 3.32. The molecule has 2 aromatic rings. The summed E-state index contributed by atoms with van der Waals surface area (Å²) in [5.74, 6) is 1.50. The number of aromatic nitrogens is 2. The quantitative estimate of drug-likeness (QED) is 0.860. The van der Waals surface area contributed by atoms with Crippen molar-refractivity contribution >= 4 is 5.91 Å². The Labute approximate surface area is 137 Å². The fraction of sp³-hybridized carbons (Fsp3) is 0.474. The Morgan fingerprint density at radius 1 is 1.39 bits per heavy atom. The maximum absolute atomic E-state index is 12.2. The number of amides is 1. The number of nitrogens with one attached hydrogen (secondary N) is 1. The number of hydrogen-bond donors (Lipinski definition) is 1. The summed E-state index contributed by atoms with van der Waals surface area (Å²) < 4.78 is 2.16. The van der Waals surface area contributed by atoms with Crippen molar-refractivity contribution in [3.8, 4) is 0 Å². The lowest BCUT2D eigenvalue weighted by atomic mass is 9.89. The van der Waals surface area contributed by atoms with Crippen LogP contribution in [0.5, 0.6) is 0 Å². The second-order valence-electron chi connectivity index (χ2n) is 6.40. The van der Waals surface area contributed by atoms with Crippen LogP contribution in [0.15, 0.2) is 30.5 Å². The second-order valence-corrected chi connectivity index (χ2v) is 6.40. The van der Waals surface area contributed by atoms with Crippen molar-refractivity contribution in [3.63, 3.8) is 0 Å². The van der Waals surface area contributed by atoms with Gasteiger partial charge in [-0.25, -0.2) is 4.98 Å². The van der Waals surface area contributed by atoms with Gasteiger partial charge in [0, 0.05) is 31.6 Å². The van der Waals surface area contributed by atoms with Crippen LogP contribution >= 0.6 is 0 Å². The number of imidazole rings is 1. The molecule has 1 unspecified atom stereocenters. The highest BCUT2D eigenvalue weighted by Gasteiger charge is 2.24. The van der Waals surface area contributed by atoms with Gasteiger partial charge in [-0.05, 0) is 30.9 Å². The number of fused-ring (bicyclic) bond motifs is 1. The van der Waals surface area contributed by atoms with Crippen LogP contribution in [0.1, 0.15) is 59.5 Å². The van der Waals surface area contributed by atoms with Crippen LogP contribution in [0.4, 0.5) is 0 Å². The molecule has 1 aromatic heterocycles. The molecular weight excluding hydrogens is 286 g/mol. The van der Waals surface area contributed by atoms with E-state index in [9.17, 15) is 4.79 Å².